The number of carbonyl (C=O) groups excluding carboxylic acids is 1. The van der Waals surface area contributed by atoms with E-state index in [0.717, 1.165) is 18.5 Å². The molecule has 3 rings (SSSR count). The van der Waals surface area contributed by atoms with Crippen molar-refractivity contribution in [1.82, 2.24) is 14.9 Å². The predicted molar refractivity (Wildman–Crippen MR) is 98.5 cm³/mol. The average Bonchev–Trinajstić information content (AvgIpc) is 3.13. The van der Waals surface area contributed by atoms with E-state index in [1.807, 2.05) is 0 Å². The van der Waals surface area contributed by atoms with E-state index in [1.54, 1.807) is 24.5 Å². The molecule has 25 heavy (non-hydrogen) atoms. The third-order valence-corrected chi connectivity index (χ3v) is 5.05. The molecule has 1 aliphatic rings. The number of hydrogen-bond acceptors (Lipinski definition) is 3. The molecule has 0 bridgehead atoms. The van der Waals surface area contributed by atoms with Crippen LogP contribution in [0.25, 0.3) is 0 Å². The molecule has 1 amide bonds. The van der Waals surface area contributed by atoms with Crippen LogP contribution in [-0.4, -0.2) is 22.0 Å². The lowest BCUT2D eigenvalue weighted by Crippen LogP contribution is -2.31. The van der Waals surface area contributed by atoms with Gasteiger partial charge in [-0.05, 0) is 31.0 Å². The molecule has 1 aliphatic carbocycles. The maximum absolute atomic E-state index is 12.2. The molecule has 1 heterocycles. The molecule has 2 aromatic rings. The van der Waals surface area contributed by atoms with Crippen molar-refractivity contribution in [2.75, 3.05) is 6.54 Å². The van der Waals surface area contributed by atoms with Crippen molar-refractivity contribution in [3.63, 3.8) is 0 Å². The van der Waals surface area contributed by atoms with Crippen LogP contribution in [0.2, 0.25) is 10.0 Å². The SMILES string of the molecule is O=C(NCCn1cnc(C2CCCC2)cc1=O)c1cc(Cl)ccc1Cl. The highest BCUT2D eigenvalue weighted by atomic mass is 35.5. The molecular formula is C18H19Cl2N3O2. The summed E-state index contributed by atoms with van der Waals surface area (Å²) in [5.74, 6) is 0.0862. The van der Waals surface area contributed by atoms with Crippen molar-refractivity contribution in [3.05, 3.63) is 62.2 Å². The normalized spacial score (nSPS) is 14.6. The number of rotatable bonds is 5. The zero-order valence-corrected chi connectivity index (χ0v) is 15.2. The molecule has 1 aromatic carbocycles. The summed E-state index contributed by atoms with van der Waals surface area (Å²) in [7, 11) is 0. The van der Waals surface area contributed by atoms with Gasteiger partial charge in [0.1, 0.15) is 0 Å². The second-order valence-electron chi connectivity index (χ2n) is 6.21. The fourth-order valence-corrected chi connectivity index (χ4v) is 3.48. The van der Waals surface area contributed by atoms with E-state index >= 15 is 0 Å². The smallest absolute Gasteiger partial charge is 0.253 e. The van der Waals surface area contributed by atoms with E-state index in [9.17, 15) is 9.59 Å². The lowest BCUT2D eigenvalue weighted by Gasteiger charge is -2.11. The zero-order valence-electron chi connectivity index (χ0n) is 13.7. The van der Waals surface area contributed by atoms with Crippen LogP contribution in [0.4, 0.5) is 0 Å². The third-order valence-electron chi connectivity index (χ3n) is 4.49. The zero-order chi connectivity index (χ0) is 17.8. The molecule has 132 valence electrons. The van der Waals surface area contributed by atoms with Crippen molar-refractivity contribution in [2.24, 2.45) is 0 Å². The fourth-order valence-electron chi connectivity index (χ4n) is 3.11. The van der Waals surface area contributed by atoms with Gasteiger partial charge in [0.2, 0.25) is 0 Å². The highest BCUT2D eigenvalue weighted by Crippen LogP contribution is 2.32. The fraction of sp³-hybridized carbons (Fsp3) is 0.389. The largest absolute Gasteiger partial charge is 0.350 e. The highest BCUT2D eigenvalue weighted by molar-refractivity contribution is 6.35. The summed E-state index contributed by atoms with van der Waals surface area (Å²) < 4.78 is 1.50. The van der Waals surface area contributed by atoms with Crippen LogP contribution in [0.3, 0.4) is 0 Å². The van der Waals surface area contributed by atoms with Crippen molar-refractivity contribution < 1.29 is 4.79 Å². The van der Waals surface area contributed by atoms with Gasteiger partial charge in [0, 0.05) is 30.1 Å². The Morgan fingerprint density at radius 1 is 1.24 bits per heavy atom. The Morgan fingerprint density at radius 2 is 2.00 bits per heavy atom. The summed E-state index contributed by atoms with van der Waals surface area (Å²) in [4.78, 5) is 28.8. The van der Waals surface area contributed by atoms with Gasteiger partial charge in [-0.15, -0.1) is 0 Å². The van der Waals surface area contributed by atoms with Crippen LogP contribution in [0.15, 0.2) is 35.4 Å². The van der Waals surface area contributed by atoms with E-state index in [0.29, 0.717) is 34.6 Å². The first-order chi connectivity index (χ1) is 12.0. The number of aromatic nitrogens is 2. The van der Waals surface area contributed by atoms with Gasteiger partial charge in [-0.1, -0.05) is 36.0 Å². The quantitative estimate of drug-likeness (QED) is 0.862. The maximum Gasteiger partial charge on any atom is 0.253 e. The molecule has 0 radical (unpaired) electrons. The van der Waals surface area contributed by atoms with Gasteiger partial charge >= 0.3 is 0 Å². The second-order valence-corrected chi connectivity index (χ2v) is 7.05. The Bertz CT molecular complexity index is 829. The Labute approximate surface area is 156 Å². The molecule has 0 atom stereocenters. The molecule has 1 N–H and O–H groups in total. The summed E-state index contributed by atoms with van der Waals surface area (Å²) >= 11 is 11.9. The van der Waals surface area contributed by atoms with E-state index in [2.05, 4.69) is 10.3 Å². The molecule has 0 unspecified atom stereocenters. The number of nitrogens with zero attached hydrogens (tertiary/aromatic N) is 2. The Kier molecular flexibility index (Phi) is 5.76. The van der Waals surface area contributed by atoms with E-state index in [4.69, 9.17) is 23.2 Å². The molecule has 1 saturated carbocycles. The van der Waals surface area contributed by atoms with Gasteiger partial charge in [-0.25, -0.2) is 4.98 Å². The summed E-state index contributed by atoms with van der Waals surface area (Å²) in [5.41, 5.74) is 1.11. The van der Waals surface area contributed by atoms with Crippen LogP contribution in [0.1, 0.15) is 47.7 Å². The second kappa shape index (κ2) is 8.02. The van der Waals surface area contributed by atoms with Crippen LogP contribution in [0.5, 0.6) is 0 Å². The van der Waals surface area contributed by atoms with Gasteiger partial charge in [0.15, 0.2) is 0 Å². The summed E-state index contributed by atoms with van der Waals surface area (Å²) in [6.45, 7) is 0.646. The average molecular weight is 380 g/mol. The van der Waals surface area contributed by atoms with Gasteiger partial charge in [0.05, 0.1) is 22.6 Å². The van der Waals surface area contributed by atoms with Gasteiger partial charge in [0.25, 0.3) is 11.5 Å². The van der Waals surface area contributed by atoms with Gasteiger partial charge in [-0.2, -0.15) is 0 Å². The predicted octanol–water partition coefficient (Wildman–Crippen LogP) is 3.64. The molecule has 1 aromatic heterocycles. The summed E-state index contributed by atoms with van der Waals surface area (Å²) in [6, 6.07) is 6.34. The van der Waals surface area contributed by atoms with Crippen molar-refractivity contribution >= 4 is 29.1 Å². The number of amides is 1. The van der Waals surface area contributed by atoms with Gasteiger partial charge < -0.3 is 5.32 Å². The van der Waals surface area contributed by atoms with Crippen LogP contribution < -0.4 is 10.9 Å². The van der Waals surface area contributed by atoms with E-state index < -0.39 is 0 Å². The number of nitrogens with one attached hydrogen (secondary N) is 1. The standard InChI is InChI=1S/C18H19Cl2N3O2/c19-13-5-6-15(20)14(9-13)18(25)21-7-8-23-11-22-16(10-17(23)24)12-3-1-2-4-12/h5-6,9-12H,1-4,7-8H2,(H,21,25). The maximum atomic E-state index is 12.2. The Morgan fingerprint density at radius 3 is 2.72 bits per heavy atom. The number of hydrogen-bond donors (Lipinski definition) is 1. The van der Waals surface area contributed by atoms with Crippen LogP contribution in [0, 0.1) is 0 Å². The molecule has 7 heteroatoms. The van der Waals surface area contributed by atoms with Crippen LogP contribution >= 0.6 is 23.2 Å². The number of benzene rings is 1. The summed E-state index contributed by atoms with van der Waals surface area (Å²) in [5, 5.41) is 3.52. The van der Waals surface area contributed by atoms with Crippen molar-refractivity contribution in [3.8, 4) is 0 Å². The lowest BCUT2D eigenvalue weighted by atomic mass is 10.0. The molecule has 0 aliphatic heterocycles. The topological polar surface area (TPSA) is 64.0 Å². The van der Waals surface area contributed by atoms with E-state index in [-0.39, 0.29) is 11.5 Å². The first kappa shape index (κ1) is 18.0. The van der Waals surface area contributed by atoms with Crippen molar-refractivity contribution in [2.45, 2.75) is 38.1 Å². The number of halogens is 2. The Hall–Kier alpha value is -1.85. The number of carbonyl (C=O) groups is 1. The summed E-state index contributed by atoms with van der Waals surface area (Å²) in [6.07, 6.45) is 6.18. The first-order valence-corrected chi connectivity index (χ1v) is 9.10. The monoisotopic (exact) mass is 379 g/mol. The molecule has 1 fully saturated rings. The van der Waals surface area contributed by atoms with Crippen molar-refractivity contribution in [1.29, 1.82) is 0 Å². The molecule has 0 saturated heterocycles. The minimum atomic E-state index is -0.323. The minimum absolute atomic E-state index is 0.0908. The Balaban J connectivity index is 1.59. The minimum Gasteiger partial charge on any atom is -0.350 e. The third kappa shape index (κ3) is 4.41. The highest BCUT2D eigenvalue weighted by Gasteiger charge is 2.19. The lowest BCUT2D eigenvalue weighted by molar-refractivity contribution is 0.0952. The van der Waals surface area contributed by atoms with E-state index in [1.165, 1.54) is 23.5 Å². The van der Waals surface area contributed by atoms with Gasteiger partial charge in [-0.3, -0.25) is 14.2 Å². The van der Waals surface area contributed by atoms with Crippen LogP contribution in [-0.2, 0) is 6.54 Å². The molecule has 0 spiro atoms. The first-order valence-electron chi connectivity index (χ1n) is 8.34. The molecule has 5 nitrogen and oxygen atoms in total. The molecular weight excluding hydrogens is 361 g/mol.